The van der Waals surface area contributed by atoms with Gasteiger partial charge in [-0.1, -0.05) is 12.1 Å². The number of thiazole rings is 1. The predicted molar refractivity (Wildman–Crippen MR) is 77.7 cm³/mol. The number of aromatic nitrogens is 1. The third kappa shape index (κ3) is 4.13. The lowest BCUT2D eigenvalue weighted by molar-refractivity contribution is 0.647. The van der Waals surface area contributed by atoms with Crippen molar-refractivity contribution < 1.29 is 0 Å². The van der Waals surface area contributed by atoms with Crippen molar-refractivity contribution in [3.8, 4) is 0 Å². The summed E-state index contributed by atoms with van der Waals surface area (Å²) in [5, 5.41) is 4.59. The summed E-state index contributed by atoms with van der Waals surface area (Å²) in [5.74, 6) is 0. The second-order valence-electron chi connectivity index (χ2n) is 4.39. The molecule has 0 unspecified atom stereocenters. The van der Waals surface area contributed by atoms with Crippen LogP contribution < -0.4 is 11.1 Å². The van der Waals surface area contributed by atoms with Gasteiger partial charge < -0.3 is 11.1 Å². The van der Waals surface area contributed by atoms with Crippen LogP contribution >= 0.6 is 11.3 Å². The van der Waals surface area contributed by atoms with Crippen molar-refractivity contribution in [2.45, 2.75) is 26.3 Å². The maximum absolute atomic E-state index is 5.65. The van der Waals surface area contributed by atoms with E-state index < -0.39 is 0 Å². The van der Waals surface area contributed by atoms with Crippen LogP contribution in [0.15, 0.2) is 30.5 Å². The molecule has 0 amide bonds. The standard InChI is InChI=1S/C14H19N3S/c1-11-9-17-14(18-11)10-16-8-2-3-12-4-6-13(15)7-5-12/h4-7,9,16H,2-3,8,10,15H2,1H3. The van der Waals surface area contributed by atoms with Gasteiger partial charge in [-0.15, -0.1) is 11.3 Å². The van der Waals surface area contributed by atoms with Gasteiger partial charge in [0.1, 0.15) is 5.01 Å². The summed E-state index contributed by atoms with van der Waals surface area (Å²) < 4.78 is 0. The summed E-state index contributed by atoms with van der Waals surface area (Å²) in [4.78, 5) is 5.60. The molecule has 4 heteroatoms. The number of nitrogens with one attached hydrogen (secondary N) is 1. The Labute approximate surface area is 112 Å². The Bertz CT molecular complexity index is 476. The molecule has 0 saturated heterocycles. The number of rotatable bonds is 6. The van der Waals surface area contributed by atoms with E-state index in [-0.39, 0.29) is 0 Å². The smallest absolute Gasteiger partial charge is 0.107 e. The zero-order valence-electron chi connectivity index (χ0n) is 10.6. The molecule has 0 aliphatic heterocycles. The van der Waals surface area contributed by atoms with Crippen molar-refractivity contribution in [3.63, 3.8) is 0 Å². The van der Waals surface area contributed by atoms with Gasteiger partial charge in [-0.2, -0.15) is 0 Å². The number of nitrogens with zero attached hydrogens (tertiary/aromatic N) is 1. The first-order chi connectivity index (χ1) is 8.74. The quantitative estimate of drug-likeness (QED) is 0.621. The minimum absolute atomic E-state index is 0.830. The molecule has 2 rings (SSSR count). The molecular weight excluding hydrogens is 242 g/mol. The largest absolute Gasteiger partial charge is 0.399 e. The van der Waals surface area contributed by atoms with Crippen LogP contribution in [0.3, 0.4) is 0 Å². The Balaban J connectivity index is 1.63. The lowest BCUT2D eigenvalue weighted by Crippen LogP contribution is -2.15. The lowest BCUT2D eigenvalue weighted by atomic mass is 10.1. The van der Waals surface area contributed by atoms with Crippen molar-refractivity contribution in [2.24, 2.45) is 0 Å². The summed E-state index contributed by atoms with van der Waals surface area (Å²) in [6, 6.07) is 8.11. The van der Waals surface area contributed by atoms with E-state index in [4.69, 9.17) is 5.73 Å². The molecule has 0 saturated carbocycles. The summed E-state index contributed by atoms with van der Waals surface area (Å²) in [5.41, 5.74) is 7.82. The molecule has 1 heterocycles. The van der Waals surface area contributed by atoms with Crippen LogP contribution in [0.5, 0.6) is 0 Å². The van der Waals surface area contributed by atoms with E-state index in [1.54, 1.807) is 11.3 Å². The molecule has 0 radical (unpaired) electrons. The second kappa shape index (κ2) is 6.52. The van der Waals surface area contributed by atoms with E-state index in [1.807, 2.05) is 18.3 Å². The molecule has 0 spiro atoms. The van der Waals surface area contributed by atoms with Crippen LogP contribution in [0.25, 0.3) is 0 Å². The van der Waals surface area contributed by atoms with E-state index in [9.17, 15) is 0 Å². The molecule has 3 nitrogen and oxygen atoms in total. The van der Waals surface area contributed by atoms with Crippen molar-refractivity contribution in [1.82, 2.24) is 10.3 Å². The van der Waals surface area contributed by atoms with Gasteiger partial charge >= 0.3 is 0 Å². The lowest BCUT2D eigenvalue weighted by Gasteiger charge is -2.03. The van der Waals surface area contributed by atoms with Crippen LogP contribution in [0.4, 0.5) is 5.69 Å². The van der Waals surface area contributed by atoms with E-state index in [0.717, 1.165) is 31.6 Å². The summed E-state index contributed by atoms with van der Waals surface area (Å²) in [7, 11) is 0. The minimum atomic E-state index is 0.830. The highest BCUT2D eigenvalue weighted by atomic mass is 32.1. The van der Waals surface area contributed by atoms with Crippen LogP contribution in [-0.2, 0) is 13.0 Å². The Kier molecular flexibility index (Phi) is 4.73. The molecule has 0 aliphatic carbocycles. The highest BCUT2D eigenvalue weighted by Crippen LogP contribution is 2.10. The zero-order valence-corrected chi connectivity index (χ0v) is 11.5. The SMILES string of the molecule is Cc1cnc(CNCCCc2ccc(N)cc2)s1. The van der Waals surface area contributed by atoms with Crippen LogP contribution in [0.2, 0.25) is 0 Å². The zero-order chi connectivity index (χ0) is 12.8. The number of nitrogen functional groups attached to an aromatic ring is 1. The van der Waals surface area contributed by atoms with E-state index in [1.165, 1.54) is 15.4 Å². The van der Waals surface area contributed by atoms with Crippen LogP contribution in [0, 0.1) is 6.92 Å². The second-order valence-corrected chi connectivity index (χ2v) is 5.71. The highest BCUT2D eigenvalue weighted by molar-refractivity contribution is 7.11. The van der Waals surface area contributed by atoms with Gasteiger partial charge in [0.15, 0.2) is 0 Å². The molecule has 0 fully saturated rings. The summed E-state index contributed by atoms with van der Waals surface area (Å²) in [6.07, 6.45) is 4.15. The number of benzene rings is 1. The summed E-state index contributed by atoms with van der Waals surface area (Å²) >= 11 is 1.76. The number of anilines is 1. The molecule has 96 valence electrons. The minimum Gasteiger partial charge on any atom is -0.399 e. The predicted octanol–water partition coefficient (Wildman–Crippen LogP) is 2.76. The maximum atomic E-state index is 5.65. The van der Waals surface area contributed by atoms with Gasteiger partial charge in [0.25, 0.3) is 0 Å². The van der Waals surface area contributed by atoms with Crippen molar-refractivity contribution in [3.05, 3.63) is 45.9 Å². The first-order valence-corrected chi connectivity index (χ1v) is 7.02. The fraction of sp³-hybridized carbons (Fsp3) is 0.357. The van der Waals surface area contributed by atoms with Gasteiger partial charge in [0.2, 0.25) is 0 Å². The molecule has 18 heavy (non-hydrogen) atoms. The number of nitrogens with two attached hydrogens (primary N) is 1. The third-order valence-corrected chi connectivity index (χ3v) is 3.66. The Morgan fingerprint density at radius 1 is 1.28 bits per heavy atom. The van der Waals surface area contributed by atoms with Gasteiger partial charge in [-0.3, -0.25) is 0 Å². The average Bonchev–Trinajstić information content (AvgIpc) is 2.77. The van der Waals surface area contributed by atoms with Gasteiger partial charge in [0, 0.05) is 23.3 Å². The Hall–Kier alpha value is -1.39. The first kappa shape index (κ1) is 13.1. The molecule has 1 aromatic carbocycles. The number of aryl methyl sites for hydroxylation is 2. The third-order valence-electron chi connectivity index (χ3n) is 2.74. The maximum Gasteiger partial charge on any atom is 0.107 e. The Morgan fingerprint density at radius 2 is 2.06 bits per heavy atom. The highest BCUT2D eigenvalue weighted by Gasteiger charge is 1.98. The van der Waals surface area contributed by atoms with E-state index in [2.05, 4.69) is 29.4 Å². The monoisotopic (exact) mass is 261 g/mol. The van der Waals surface area contributed by atoms with Crippen molar-refractivity contribution in [1.29, 1.82) is 0 Å². The molecule has 0 aliphatic rings. The normalized spacial score (nSPS) is 10.7. The van der Waals surface area contributed by atoms with Crippen LogP contribution in [0.1, 0.15) is 21.9 Å². The molecule has 0 atom stereocenters. The van der Waals surface area contributed by atoms with E-state index in [0.29, 0.717) is 0 Å². The van der Waals surface area contributed by atoms with Crippen molar-refractivity contribution in [2.75, 3.05) is 12.3 Å². The molecule has 2 aromatic rings. The van der Waals surface area contributed by atoms with Gasteiger partial charge in [0.05, 0.1) is 0 Å². The molecule has 1 aromatic heterocycles. The fourth-order valence-electron chi connectivity index (χ4n) is 1.78. The molecule has 3 N–H and O–H groups in total. The van der Waals surface area contributed by atoms with Gasteiger partial charge in [-0.05, 0) is 44.0 Å². The topological polar surface area (TPSA) is 50.9 Å². The molecule has 0 bridgehead atoms. The number of hydrogen-bond donors (Lipinski definition) is 2. The van der Waals surface area contributed by atoms with Crippen molar-refractivity contribution >= 4 is 17.0 Å². The van der Waals surface area contributed by atoms with E-state index >= 15 is 0 Å². The number of hydrogen-bond acceptors (Lipinski definition) is 4. The van der Waals surface area contributed by atoms with Gasteiger partial charge in [-0.25, -0.2) is 4.98 Å². The van der Waals surface area contributed by atoms with Crippen LogP contribution in [-0.4, -0.2) is 11.5 Å². The Morgan fingerprint density at radius 3 is 2.72 bits per heavy atom. The first-order valence-electron chi connectivity index (χ1n) is 6.20. The summed E-state index contributed by atoms with van der Waals surface area (Å²) in [6.45, 7) is 3.98. The average molecular weight is 261 g/mol. The molecular formula is C14H19N3S. The fourth-order valence-corrected chi connectivity index (χ4v) is 2.54.